The Balaban J connectivity index is 1.57. The van der Waals surface area contributed by atoms with Crippen molar-refractivity contribution in [3.63, 3.8) is 0 Å². The van der Waals surface area contributed by atoms with Gasteiger partial charge in [0.25, 0.3) is 0 Å². The zero-order chi connectivity index (χ0) is 24.3. The van der Waals surface area contributed by atoms with Crippen molar-refractivity contribution in [1.82, 2.24) is 5.43 Å². The third-order valence-electron chi connectivity index (χ3n) is 4.47. The molecule has 3 aromatic rings. The predicted octanol–water partition coefficient (Wildman–Crippen LogP) is 5.56. The number of hydrazone groups is 1. The van der Waals surface area contributed by atoms with E-state index in [-0.39, 0.29) is 6.61 Å². The van der Waals surface area contributed by atoms with Crippen molar-refractivity contribution in [3.8, 4) is 11.5 Å². The second-order valence-corrected chi connectivity index (χ2v) is 8.41. The van der Waals surface area contributed by atoms with Gasteiger partial charge in [-0.05, 0) is 55.0 Å². The van der Waals surface area contributed by atoms with Gasteiger partial charge >= 0.3 is 11.8 Å². The molecule has 0 saturated heterocycles. The fourth-order valence-electron chi connectivity index (χ4n) is 2.78. The Labute approximate surface area is 211 Å². The van der Waals surface area contributed by atoms with Gasteiger partial charge in [0.15, 0.2) is 0 Å². The van der Waals surface area contributed by atoms with Gasteiger partial charge in [-0.3, -0.25) is 9.59 Å². The Morgan fingerprint density at radius 1 is 1.03 bits per heavy atom. The van der Waals surface area contributed by atoms with E-state index in [1.165, 1.54) is 6.21 Å². The Hall–Kier alpha value is -3.36. The summed E-state index contributed by atoms with van der Waals surface area (Å²) in [6, 6.07) is 19.5. The van der Waals surface area contributed by atoms with Crippen LogP contribution in [0.4, 0.5) is 5.69 Å². The van der Waals surface area contributed by atoms with Gasteiger partial charge in [-0.25, -0.2) is 5.43 Å². The van der Waals surface area contributed by atoms with Gasteiger partial charge in [0.05, 0.1) is 12.8 Å². The molecule has 0 atom stereocenters. The van der Waals surface area contributed by atoms with Crippen molar-refractivity contribution in [1.29, 1.82) is 0 Å². The SMILES string of the molecule is CCCOc1ccc(NC(=O)C(=O)N/N=C\c2cc(Br)ccc2OCc2ccccc2Cl)cc1. The van der Waals surface area contributed by atoms with Crippen molar-refractivity contribution in [3.05, 3.63) is 87.4 Å². The minimum Gasteiger partial charge on any atom is -0.494 e. The second-order valence-electron chi connectivity index (χ2n) is 7.09. The molecule has 0 aliphatic carbocycles. The molecule has 3 rings (SSSR count). The second kappa shape index (κ2) is 12.8. The van der Waals surface area contributed by atoms with E-state index in [1.54, 1.807) is 42.5 Å². The highest BCUT2D eigenvalue weighted by Gasteiger charge is 2.13. The lowest BCUT2D eigenvalue weighted by Gasteiger charge is -2.10. The molecule has 0 fully saturated rings. The van der Waals surface area contributed by atoms with E-state index in [1.807, 2.05) is 31.2 Å². The number of nitrogens with one attached hydrogen (secondary N) is 2. The number of hydrogen-bond acceptors (Lipinski definition) is 5. The lowest BCUT2D eigenvalue weighted by molar-refractivity contribution is -0.136. The molecular weight excluding hydrogens is 522 g/mol. The van der Waals surface area contributed by atoms with E-state index < -0.39 is 11.8 Å². The van der Waals surface area contributed by atoms with Crippen LogP contribution in [-0.2, 0) is 16.2 Å². The number of benzene rings is 3. The van der Waals surface area contributed by atoms with E-state index in [4.69, 9.17) is 21.1 Å². The number of anilines is 1. The smallest absolute Gasteiger partial charge is 0.329 e. The van der Waals surface area contributed by atoms with Crippen LogP contribution in [0.3, 0.4) is 0 Å². The van der Waals surface area contributed by atoms with Crippen LogP contribution in [0, 0.1) is 0 Å². The fourth-order valence-corrected chi connectivity index (χ4v) is 3.35. The molecule has 7 nitrogen and oxygen atoms in total. The summed E-state index contributed by atoms with van der Waals surface area (Å²) in [6.45, 7) is 2.89. The predicted molar refractivity (Wildman–Crippen MR) is 137 cm³/mol. The minimum atomic E-state index is -0.906. The van der Waals surface area contributed by atoms with Gasteiger partial charge in [-0.2, -0.15) is 5.10 Å². The molecule has 0 aliphatic heterocycles. The monoisotopic (exact) mass is 543 g/mol. The number of halogens is 2. The zero-order valence-corrected chi connectivity index (χ0v) is 20.7. The Bertz CT molecular complexity index is 1170. The van der Waals surface area contributed by atoms with Crippen LogP contribution in [0.5, 0.6) is 11.5 Å². The summed E-state index contributed by atoms with van der Waals surface area (Å²) >= 11 is 9.59. The van der Waals surface area contributed by atoms with Crippen LogP contribution in [0.25, 0.3) is 0 Å². The first kappa shape index (κ1) is 25.3. The summed E-state index contributed by atoms with van der Waals surface area (Å²) in [5, 5.41) is 7.01. The van der Waals surface area contributed by atoms with Gasteiger partial charge in [-0.15, -0.1) is 0 Å². The van der Waals surface area contributed by atoms with E-state index in [0.29, 0.717) is 34.4 Å². The summed E-state index contributed by atoms with van der Waals surface area (Å²) < 4.78 is 12.2. The van der Waals surface area contributed by atoms with E-state index in [0.717, 1.165) is 16.5 Å². The van der Waals surface area contributed by atoms with E-state index in [9.17, 15) is 9.59 Å². The highest BCUT2D eigenvalue weighted by Crippen LogP contribution is 2.24. The van der Waals surface area contributed by atoms with Gasteiger partial charge in [-0.1, -0.05) is 52.7 Å². The molecule has 0 radical (unpaired) electrons. The number of nitrogens with zero attached hydrogens (tertiary/aromatic N) is 1. The summed E-state index contributed by atoms with van der Waals surface area (Å²) in [4.78, 5) is 24.3. The molecule has 0 spiro atoms. The van der Waals surface area contributed by atoms with Gasteiger partial charge < -0.3 is 14.8 Å². The van der Waals surface area contributed by atoms with E-state index in [2.05, 4.69) is 31.8 Å². The van der Waals surface area contributed by atoms with Gasteiger partial charge in [0, 0.05) is 26.3 Å². The molecule has 0 unspecified atom stereocenters. The molecule has 34 heavy (non-hydrogen) atoms. The van der Waals surface area contributed by atoms with Crippen LogP contribution < -0.4 is 20.2 Å². The summed E-state index contributed by atoms with van der Waals surface area (Å²) in [5.41, 5.74) is 4.13. The van der Waals surface area contributed by atoms with Crippen molar-refractivity contribution in [2.45, 2.75) is 20.0 Å². The Kier molecular flexibility index (Phi) is 9.49. The topological polar surface area (TPSA) is 89.0 Å². The van der Waals surface area contributed by atoms with Gasteiger partial charge in [0.1, 0.15) is 18.1 Å². The molecular formula is C25H23BrClN3O4. The largest absolute Gasteiger partial charge is 0.494 e. The normalized spacial score (nSPS) is 10.7. The Morgan fingerprint density at radius 2 is 1.79 bits per heavy atom. The molecule has 0 heterocycles. The van der Waals surface area contributed by atoms with Crippen molar-refractivity contribution in [2.75, 3.05) is 11.9 Å². The van der Waals surface area contributed by atoms with Crippen LogP contribution >= 0.6 is 27.5 Å². The standard InChI is InChI=1S/C25H23BrClN3O4/c1-2-13-33-21-10-8-20(9-11-21)29-24(31)25(32)30-28-15-18-14-19(26)7-12-23(18)34-16-17-5-3-4-6-22(17)27/h3-12,14-15H,2,13,16H2,1H3,(H,29,31)(H,30,32)/b28-15-. The molecule has 0 aliphatic rings. The number of amides is 2. The Morgan fingerprint density at radius 3 is 2.53 bits per heavy atom. The highest BCUT2D eigenvalue weighted by molar-refractivity contribution is 9.10. The quantitative estimate of drug-likeness (QED) is 0.210. The summed E-state index contributed by atoms with van der Waals surface area (Å²) in [5.74, 6) is -0.522. The molecule has 2 amide bonds. The maximum Gasteiger partial charge on any atom is 0.329 e. The number of carbonyl (C=O) groups is 2. The summed E-state index contributed by atoms with van der Waals surface area (Å²) in [7, 11) is 0. The number of hydrogen-bond donors (Lipinski definition) is 2. The maximum atomic E-state index is 12.2. The highest BCUT2D eigenvalue weighted by atomic mass is 79.9. The molecule has 0 aromatic heterocycles. The lowest BCUT2D eigenvalue weighted by atomic mass is 10.2. The van der Waals surface area contributed by atoms with Crippen LogP contribution in [0.1, 0.15) is 24.5 Å². The molecule has 0 bridgehead atoms. The molecule has 3 aromatic carbocycles. The molecule has 2 N–H and O–H groups in total. The third-order valence-corrected chi connectivity index (χ3v) is 5.34. The molecule has 0 saturated carbocycles. The molecule has 9 heteroatoms. The van der Waals surface area contributed by atoms with Gasteiger partial charge in [0.2, 0.25) is 0 Å². The van der Waals surface area contributed by atoms with E-state index >= 15 is 0 Å². The number of rotatable bonds is 9. The zero-order valence-electron chi connectivity index (χ0n) is 18.4. The van der Waals surface area contributed by atoms with Crippen molar-refractivity contribution < 1.29 is 19.1 Å². The lowest BCUT2D eigenvalue weighted by Crippen LogP contribution is -2.32. The maximum absolute atomic E-state index is 12.2. The first-order valence-corrected chi connectivity index (χ1v) is 11.7. The first-order valence-electron chi connectivity index (χ1n) is 10.5. The number of ether oxygens (including phenoxy) is 2. The van der Waals surface area contributed by atoms with Crippen molar-refractivity contribution >= 4 is 51.2 Å². The van der Waals surface area contributed by atoms with Crippen LogP contribution in [0.2, 0.25) is 5.02 Å². The van der Waals surface area contributed by atoms with Crippen LogP contribution in [-0.4, -0.2) is 24.6 Å². The van der Waals surface area contributed by atoms with Crippen LogP contribution in [0.15, 0.2) is 76.3 Å². The molecule has 176 valence electrons. The average molecular weight is 545 g/mol. The van der Waals surface area contributed by atoms with Crippen molar-refractivity contribution in [2.24, 2.45) is 5.10 Å². The first-order chi connectivity index (χ1) is 16.5. The summed E-state index contributed by atoms with van der Waals surface area (Å²) in [6.07, 6.45) is 2.30. The fraction of sp³-hybridized carbons (Fsp3) is 0.160. The minimum absolute atomic E-state index is 0.263. The number of carbonyl (C=O) groups excluding carboxylic acids is 2. The third kappa shape index (κ3) is 7.60. The average Bonchev–Trinajstić information content (AvgIpc) is 2.84.